The van der Waals surface area contributed by atoms with Crippen LogP contribution in [0.2, 0.25) is 0 Å². The van der Waals surface area contributed by atoms with Gasteiger partial charge in [0.2, 0.25) is 0 Å². The number of carbonyl (C=O) groups is 2. The quantitative estimate of drug-likeness (QED) is 0.409. The minimum absolute atomic E-state index is 0.0816. The predicted octanol–water partition coefficient (Wildman–Crippen LogP) is 1.31. The summed E-state index contributed by atoms with van der Waals surface area (Å²) in [5, 5.41) is 0. The van der Waals surface area contributed by atoms with Gasteiger partial charge in [0, 0.05) is 6.92 Å². The molecule has 0 aromatic carbocycles. The molecular formula is C6H5F5O3. The summed E-state index contributed by atoms with van der Waals surface area (Å²) < 4.78 is 62.1. The molecule has 3 nitrogen and oxygen atoms in total. The fraction of sp³-hybridized carbons (Fsp3) is 0.667. The van der Waals surface area contributed by atoms with Gasteiger partial charge < -0.3 is 4.74 Å². The molecular weight excluding hydrogens is 215 g/mol. The van der Waals surface area contributed by atoms with Crippen LogP contribution in [-0.4, -0.2) is 30.5 Å². The molecule has 0 aliphatic carbocycles. The number of ether oxygens (including phenoxy) is 1. The van der Waals surface area contributed by atoms with E-state index in [1.807, 2.05) is 0 Å². The van der Waals surface area contributed by atoms with E-state index in [2.05, 4.69) is 4.74 Å². The third-order valence-electron chi connectivity index (χ3n) is 0.998. The number of esters is 2. The monoisotopic (exact) mass is 220 g/mol. The molecule has 0 saturated heterocycles. The highest BCUT2D eigenvalue weighted by Crippen LogP contribution is 2.15. The standard InChI is InChI=1S/C6H5F5O3/c1-6(10,11)5(13)14-4(12)2(7)3(8)9/h2-3H,1H3. The molecule has 0 N–H and O–H groups in total. The second kappa shape index (κ2) is 4.34. The topological polar surface area (TPSA) is 43.4 Å². The third kappa shape index (κ3) is 3.67. The zero-order valence-electron chi connectivity index (χ0n) is 6.77. The summed E-state index contributed by atoms with van der Waals surface area (Å²) in [5.74, 6) is -8.73. The molecule has 0 radical (unpaired) electrons. The van der Waals surface area contributed by atoms with Gasteiger partial charge in [-0.25, -0.2) is 22.8 Å². The Labute approximate surface area is 74.8 Å². The SMILES string of the molecule is CC(F)(F)C(=O)OC(=O)C(F)C(F)F. The smallest absolute Gasteiger partial charge is 0.384 e. The molecule has 1 atom stereocenters. The summed E-state index contributed by atoms with van der Waals surface area (Å²) in [6.07, 6.45) is -7.12. The van der Waals surface area contributed by atoms with Crippen molar-refractivity contribution in [1.82, 2.24) is 0 Å². The molecule has 1 unspecified atom stereocenters. The zero-order valence-corrected chi connectivity index (χ0v) is 6.77. The summed E-state index contributed by atoms with van der Waals surface area (Å²) in [5.41, 5.74) is 0. The normalized spacial score (nSPS) is 13.9. The van der Waals surface area contributed by atoms with Gasteiger partial charge >= 0.3 is 17.9 Å². The maximum Gasteiger partial charge on any atom is 0.384 e. The van der Waals surface area contributed by atoms with Crippen molar-refractivity contribution in [3.8, 4) is 0 Å². The minimum atomic E-state index is -4.03. The summed E-state index contributed by atoms with van der Waals surface area (Å²) in [4.78, 5) is 20.4. The molecule has 0 rings (SSSR count). The second-order valence-electron chi connectivity index (χ2n) is 2.33. The molecule has 0 fully saturated rings. The van der Waals surface area contributed by atoms with E-state index >= 15 is 0 Å². The number of rotatable bonds is 3. The number of alkyl halides is 5. The van der Waals surface area contributed by atoms with Crippen molar-refractivity contribution in [2.24, 2.45) is 0 Å². The summed E-state index contributed by atoms with van der Waals surface area (Å²) in [6.45, 7) is 0.0816. The van der Waals surface area contributed by atoms with Gasteiger partial charge in [0.1, 0.15) is 0 Å². The molecule has 8 heteroatoms. The van der Waals surface area contributed by atoms with Crippen LogP contribution in [0.1, 0.15) is 6.92 Å². The number of hydrogen-bond acceptors (Lipinski definition) is 3. The molecule has 82 valence electrons. The van der Waals surface area contributed by atoms with Crippen LogP contribution < -0.4 is 0 Å². The Kier molecular flexibility index (Phi) is 3.96. The van der Waals surface area contributed by atoms with Crippen LogP contribution in [0.4, 0.5) is 22.0 Å². The van der Waals surface area contributed by atoms with Gasteiger partial charge in [-0.2, -0.15) is 8.78 Å². The van der Waals surface area contributed by atoms with Crippen molar-refractivity contribution in [3.05, 3.63) is 0 Å². The second-order valence-corrected chi connectivity index (χ2v) is 2.33. The third-order valence-corrected chi connectivity index (χ3v) is 0.998. The maximum absolute atomic E-state index is 12.0. The van der Waals surface area contributed by atoms with E-state index in [9.17, 15) is 31.5 Å². The first-order valence-electron chi connectivity index (χ1n) is 3.22. The van der Waals surface area contributed by atoms with E-state index in [0.29, 0.717) is 0 Å². The number of halogens is 5. The lowest BCUT2D eigenvalue weighted by atomic mass is 10.4. The van der Waals surface area contributed by atoms with Crippen molar-refractivity contribution >= 4 is 11.9 Å². The van der Waals surface area contributed by atoms with Crippen LogP contribution >= 0.6 is 0 Å². The highest BCUT2D eigenvalue weighted by atomic mass is 19.3. The van der Waals surface area contributed by atoms with Gasteiger partial charge in [0.15, 0.2) is 0 Å². The molecule has 0 aliphatic heterocycles. The Morgan fingerprint density at radius 3 is 1.93 bits per heavy atom. The van der Waals surface area contributed by atoms with Gasteiger partial charge in [-0.15, -0.1) is 0 Å². The maximum atomic E-state index is 12.0. The van der Waals surface area contributed by atoms with Crippen LogP contribution in [0.25, 0.3) is 0 Å². The largest absolute Gasteiger partial charge is 0.386 e. The predicted molar refractivity (Wildman–Crippen MR) is 32.6 cm³/mol. The minimum Gasteiger partial charge on any atom is -0.386 e. The first-order valence-corrected chi connectivity index (χ1v) is 3.22. The van der Waals surface area contributed by atoms with Crippen LogP contribution in [0.5, 0.6) is 0 Å². The number of hydrogen-bond donors (Lipinski definition) is 0. The fourth-order valence-electron chi connectivity index (χ4n) is 0.340. The average Bonchev–Trinajstić information content (AvgIpc) is 2.00. The zero-order chi connectivity index (χ0) is 11.5. The van der Waals surface area contributed by atoms with Crippen molar-refractivity contribution in [1.29, 1.82) is 0 Å². The Bertz CT molecular complexity index is 234. The summed E-state index contributed by atoms with van der Waals surface area (Å²) in [7, 11) is 0. The van der Waals surface area contributed by atoms with Crippen molar-refractivity contribution < 1.29 is 36.3 Å². The van der Waals surface area contributed by atoms with E-state index in [4.69, 9.17) is 0 Å². The van der Waals surface area contributed by atoms with Gasteiger partial charge in [-0.1, -0.05) is 0 Å². The summed E-state index contributed by atoms with van der Waals surface area (Å²) in [6, 6.07) is 0. The highest BCUT2D eigenvalue weighted by molar-refractivity contribution is 5.91. The molecule has 0 aliphatic rings. The lowest BCUT2D eigenvalue weighted by Crippen LogP contribution is -2.34. The molecule has 0 spiro atoms. The Morgan fingerprint density at radius 2 is 1.64 bits per heavy atom. The van der Waals surface area contributed by atoms with E-state index in [-0.39, 0.29) is 6.92 Å². The molecule has 0 bridgehead atoms. The Balaban J connectivity index is 4.28. The molecule has 0 saturated carbocycles. The van der Waals surface area contributed by atoms with Gasteiger partial charge in [0.25, 0.3) is 12.6 Å². The van der Waals surface area contributed by atoms with Crippen LogP contribution in [-0.2, 0) is 14.3 Å². The van der Waals surface area contributed by atoms with Crippen LogP contribution in [0.15, 0.2) is 0 Å². The highest BCUT2D eigenvalue weighted by Gasteiger charge is 2.39. The van der Waals surface area contributed by atoms with Gasteiger partial charge in [-0.05, 0) is 0 Å². The Hall–Kier alpha value is -1.21. The fourth-order valence-corrected chi connectivity index (χ4v) is 0.340. The molecule has 14 heavy (non-hydrogen) atoms. The van der Waals surface area contributed by atoms with Gasteiger partial charge in [-0.3, -0.25) is 0 Å². The van der Waals surface area contributed by atoms with Crippen molar-refractivity contribution in [3.63, 3.8) is 0 Å². The lowest BCUT2D eigenvalue weighted by Gasteiger charge is -2.09. The Morgan fingerprint density at radius 1 is 1.21 bits per heavy atom. The van der Waals surface area contributed by atoms with Crippen LogP contribution in [0, 0.1) is 0 Å². The first-order chi connectivity index (χ1) is 6.16. The molecule has 0 amide bonds. The van der Waals surface area contributed by atoms with E-state index in [0.717, 1.165) is 0 Å². The molecule has 0 aromatic heterocycles. The van der Waals surface area contributed by atoms with Crippen molar-refractivity contribution in [2.45, 2.75) is 25.4 Å². The lowest BCUT2D eigenvalue weighted by molar-refractivity contribution is -0.182. The average molecular weight is 220 g/mol. The van der Waals surface area contributed by atoms with E-state index < -0.39 is 30.5 Å². The molecule has 0 aromatic rings. The molecule has 0 heterocycles. The summed E-state index contributed by atoms with van der Waals surface area (Å²) >= 11 is 0. The first kappa shape index (κ1) is 12.8. The van der Waals surface area contributed by atoms with E-state index in [1.54, 1.807) is 0 Å². The van der Waals surface area contributed by atoms with Crippen LogP contribution in [0.3, 0.4) is 0 Å². The van der Waals surface area contributed by atoms with E-state index in [1.165, 1.54) is 0 Å². The van der Waals surface area contributed by atoms with Crippen molar-refractivity contribution in [2.75, 3.05) is 0 Å². The van der Waals surface area contributed by atoms with Gasteiger partial charge in [0.05, 0.1) is 0 Å². The number of carbonyl (C=O) groups excluding carboxylic acids is 2.